The van der Waals surface area contributed by atoms with Crippen molar-refractivity contribution in [3.05, 3.63) is 16.6 Å². The molecule has 0 aliphatic rings. The molecule has 4 heteroatoms. The normalized spacial score (nSPS) is 11.4. The largest absolute Gasteiger partial charge is 0.355 e. The molecule has 0 spiro atoms. The summed E-state index contributed by atoms with van der Waals surface area (Å²) >= 11 is 1.62. The molecule has 1 aromatic heterocycles. The lowest BCUT2D eigenvalue weighted by molar-refractivity contribution is -0.128. The van der Waals surface area contributed by atoms with Crippen LogP contribution in [0, 0.1) is 5.41 Å². The van der Waals surface area contributed by atoms with Crippen LogP contribution in [0.15, 0.2) is 11.7 Å². The molecular formula is C10H16N2OS. The topological polar surface area (TPSA) is 42.0 Å². The number of nitrogens with one attached hydrogen (secondary N) is 1. The van der Waals surface area contributed by atoms with Gasteiger partial charge in [-0.15, -0.1) is 11.3 Å². The van der Waals surface area contributed by atoms with E-state index in [2.05, 4.69) is 10.3 Å². The zero-order valence-electron chi connectivity index (χ0n) is 8.83. The Balaban J connectivity index is 2.26. The highest BCUT2D eigenvalue weighted by molar-refractivity contribution is 7.09. The van der Waals surface area contributed by atoms with Crippen molar-refractivity contribution < 1.29 is 4.79 Å². The summed E-state index contributed by atoms with van der Waals surface area (Å²) in [6, 6.07) is 0. The number of aromatic nitrogens is 1. The van der Waals surface area contributed by atoms with Gasteiger partial charge in [0.25, 0.3) is 0 Å². The molecule has 1 heterocycles. The minimum atomic E-state index is -0.298. The third-order valence-electron chi connectivity index (χ3n) is 1.82. The fourth-order valence-corrected chi connectivity index (χ4v) is 1.53. The molecule has 1 rings (SSSR count). The zero-order valence-corrected chi connectivity index (χ0v) is 9.65. The van der Waals surface area contributed by atoms with Crippen molar-refractivity contribution in [3.8, 4) is 0 Å². The van der Waals surface area contributed by atoms with Crippen molar-refractivity contribution in [2.45, 2.75) is 27.2 Å². The molecule has 78 valence electrons. The molecule has 0 unspecified atom stereocenters. The van der Waals surface area contributed by atoms with Gasteiger partial charge in [0.05, 0.1) is 5.51 Å². The van der Waals surface area contributed by atoms with Gasteiger partial charge in [0, 0.05) is 29.5 Å². The summed E-state index contributed by atoms with van der Waals surface area (Å²) in [5.41, 5.74) is 1.51. The number of thiazole rings is 1. The van der Waals surface area contributed by atoms with Gasteiger partial charge in [-0.3, -0.25) is 9.78 Å². The van der Waals surface area contributed by atoms with Crippen LogP contribution in [0.3, 0.4) is 0 Å². The maximum absolute atomic E-state index is 11.5. The maximum atomic E-state index is 11.5. The average molecular weight is 212 g/mol. The van der Waals surface area contributed by atoms with Crippen molar-refractivity contribution >= 4 is 17.2 Å². The Morgan fingerprint density at radius 2 is 2.29 bits per heavy atom. The average Bonchev–Trinajstić information content (AvgIpc) is 2.55. The lowest BCUT2D eigenvalue weighted by Gasteiger charge is -2.17. The van der Waals surface area contributed by atoms with Crippen molar-refractivity contribution in [2.24, 2.45) is 5.41 Å². The van der Waals surface area contributed by atoms with Crippen LogP contribution in [-0.4, -0.2) is 17.4 Å². The van der Waals surface area contributed by atoms with Crippen LogP contribution >= 0.6 is 11.3 Å². The Hall–Kier alpha value is -0.900. The second kappa shape index (κ2) is 4.55. The van der Waals surface area contributed by atoms with Gasteiger partial charge in [-0.05, 0) is 0 Å². The van der Waals surface area contributed by atoms with Gasteiger partial charge in [0.15, 0.2) is 0 Å². The first-order valence-corrected chi connectivity index (χ1v) is 5.54. The SMILES string of the molecule is CC(C)(C)C(=O)NCCc1cncs1. The van der Waals surface area contributed by atoms with Crippen LogP contribution in [0.5, 0.6) is 0 Å². The molecule has 0 bridgehead atoms. The molecule has 0 fully saturated rings. The van der Waals surface area contributed by atoms with E-state index in [0.29, 0.717) is 6.54 Å². The first kappa shape index (κ1) is 11.2. The van der Waals surface area contributed by atoms with Crippen LogP contribution in [0.2, 0.25) is 0 Å². The first-order chi connectivity index (χ1) is 6.50. The van der Waals surface area contributed by atoms with Crippen LogP contribution in [-0.2, 0) is 11.2 Å². The molecule has 1 aromatic rings. The molecule has 0 saturated carbocycles. The van der Waals surface area contributed by atoms with E-state index in [1.54, 1.807) is 16.8 Å². The highest BCUT2D eigenvalue weighted by Gasteiger charge is 2.20. The van der Waals surface area contributed by atoms with Crippen LogP contribution < -0.4 is 5.32 Å². The van der Waals surface area contributed by atoms with E-state index in [9.17, 15) is 4.79 Å². The van der Waals surface area contributed by atoms with Crippen LogP contribution in [0.25, 0.3) is 0 Å². The summed E-state index contributed by atoms with van der Waals surface area (Å²) in [6.07, 6.45) is 2.71. The van der Waals surface area contributed by atoms with Crippen molar-refractivity contribution in [1.29, 1.82) is 0 Å². The monoisotopic (exact) mass is 212 g/mol. The van der Waals surface area contributed by atoms with E-state index in [1.807, 2.05) is 27.0 Å². The fourth-order valence-electron chi connectivity index (χ4n) is 0.930. The summed E-state index contributed by atoms with van der Waals surface area (Å²) in [4.78, 5) is 16.7. The number of nitrogens with zero attached hydrogens (tertiary/aromatic N) is 1. The van der Waals surface area contributed by atoms with Crippen molar-refractivity contribution in [3.63, 3.8) is 0 Å². The molecule has 0 aliphatic carbocycles. The van der Waals surface area contributed by atoms with E-state index in [1.165, 1.54) is 4.88 Å². The predicted molar refractivity (Wildman–Crippen MR) is 58.3 cm³/mol. The molecule has 1 N–H and O–H groups in total. The number of carbonyl (C=O) groups excluding carboxylic acids is 1. The lowest BCUT2D eigenvalue weighted by Crippen LogP contribution is -2.35. The first-order valence-electron chi connectivity index (χ1n) is 4.66. The molecule has 3 nitrogen and oxygen atoms in total. The second-order valence-corrected chi connectivity index (χ2v) is 5.19. The van der Waals surface area contributed by atoms with Crippen LogP contribution in [0.1, 0.15) is 25.6 Å². The number of rotatable bonds is 3. The maximum Gasteiger partial charge on any atom is 0.225 e. The van der Waals surface area contributed by atoms with E-state index in [0.717, 1.165) is 6.42 Å². The summed E-state index contributed by atoms with van der Waals surface area (Å²) in [5, 5.41) is 2.90. The summed E-state index contributed by atoms with van der Waals surface area (Å²) in [6.45, 7) is 6.43. The Bertz CT molecular complexity index is 288. The van der Waals surface area contributed by atoms with Gasteiger partial charge in [-0.25, -0.2) is 0 Å². The molecule has 0 atom stereocenters. The standard InChI is InChI=1S/C10H16N2OS/c1-10(2,3)9(13)12-5-4-8-6-11-7-14-8/h6-7H,4-5H2,1-3H3,(H,12,13). The van der Waals surface area contributed by atoms with Gasteiger partial charge in [0.2, 0.25) is 5.91 Å². The Kier molecular flexibility index (Phi) is 3.63. The summed E-state index contributed by atoms with van der Waals surface area (Å²) < 4.78 is 0. The molecule has 0 aromatic carbocycles. The minimum Gasteiger partial charge on any atom is -0.355 e. The lowest BCUT2D eigenvalue weighted by atomic mass is 9.96. The summed E-state index contributed by atoms with van der Waals surface area (Å²) in [5.74, 6) is 0.0991. The van der Waals surface area contributed by atoms with Gasteiger partial charge >= 0.3 is 0 Å². The quantitative estimate of drug-likeness (QED) is 0.830. The number of hydrogen-bond acceptors (Lipinski definition) is 3. The predicted octanol–water partition coefficient (Wildman–Crippen LogP) is 1.85. The fraction of sp³-hybridized carbons (Fsp3) is 0.600. The smallest absolute Gasteiger partial charge is 0.225 e. The second-order valence-electron chi connectivity index (χ2n) is 4.22. The highest BCUT2D eigenvalue weighted by Crippen LogP contribution is 2.12. The third kappa shape index (κ3) is 3.46. The number of hydrogen-bond donors (Lipinski definition) is 1. The van der Waals surface area contributed by atoms with E-state index in [4.69, 9.17) is 0 Å². The molecule has 0 aliphatic heterocycles. The third-order valence-corrected chi connectivity index (χ3v) is 2.66. The Labute approximate surface area is 88.6 Å². The van der Waals surface area contributed by atoms with Crippen molar-refractivity contribution in [2.75, 3.05) is 6.54 Å². The van der Waals surface area contributed by atoms with Gasteiger partial charge in [-0.2, -0.15) is 0 Å². The highest BCUT2D eigenvalue weighted by atomic mass is 32.1. The molecule has 0 saturated heterocycles. The van der Waals surface area contributed by atoms with Gasteiger partial charge < -0.3 is 5.32 Å². The van der Waals surface area contributed by atoms with Crippen molar-refractivity contribution in [1.82, 2.24) is 10.3 Å². The Morgan fingerprint density at radius 3 is 2.79 bits per heavy atom. The Morgan fingerprint density at radius 1 is 1.57 bits per heavy atom. The van der Waals surface area contributed by atoms with E-state index >= 15 is 0 Å². The minimum absolute atomic E-state index is 0.0991. The van der Waals surface area contributed by atoms with Gasteiger partial charge in [-0.1, -0.05) is 20.8 Å². The number of amides is 1. The molecular weight excluding hydrogens is 196 g/mol. The molecule has 14 heavy (non-hydrogen) atoms. The molecule has 0 radical (unpaired) electrons. The molecule has 1 amide bonds. The van der Waals surface area contributed by atoms with Crippen LogP contribution in [0.4, 0.5) is 0 Å². The summed E-state index contributed by atoms with van der Waals surface area (Å²) in [7, 11) is 0. The van der Waals surface area contributed by atoms with E-state index in [-0.39, 0.29) is 11.3 Å². The number of carbonyl (C=O) groups is 1. The zero-order chi connectivity index (χ0) is 10.6. The van der Waals surface area contributed by atoms with E-state index < -0.39 is 0 Å². The van der Waals surface area contributed by atoms with Gasteiger partial charge in [0.1, 0.15) is 0 Å².